The minimum atomic E-state index is 0.597. The first-order chi connectivity index (χ1) is 10.7. The van der Waals surface area contributed by atoms with Gasteiger partial charge in [0.25, 0.3) is 0 Å². The number of likely N-dealkylation sites (tertiary alicyclic amines) is 2. The van der Waals surface area contributed by atoms with Crippen LogP contribution in [-0.4, -0.2) is 53.7 Å². The van der Waals surface area contributed by atoms with Crippen LogP contribution < -0.4 is 5.32 Å². The third-order valence-corrected chi connectivity index (χ3v) is 6.37. The first kappa shape index (κ1) is 16.5. The molecule has 0 aromatic rings. The van der Waals surface area contributed by atoms with Crippen molar-refractivity contribution in [3.05, 3.63) is 0 Å². The smallest absolute Gasteiger partial charge is 0.169 e. The zero-order valence-corrected chi connectivity index (χ0v) is 15.0. The van der Waals surface area contributed by atoms with E-state index in [1.807, 2.05) is 0 Å². The van der Waals surface area contributed by atoms with Gasteiger partial charge in [-0.2, -0.15) is 0 Å². The molecule has 0 bridgehead atoms. The molecule has 2 aliphatic heterocycles. The number of nitrogens with one attached hydrogen (secondary N) is 1. The van der Waals surface area contributed by atoms with Crippen molar-refractivity contribution in [1.29, 1.82) is 0 Å². The van der Waals surface area contributed by atoms with Gasteiger partial charge in [0.15, 0.2) is 5.11 Å². The predicted molar refractivity (Wildman–Crippen MR) is 97.2 cm³/mol. The van der Waals surface area contributed by atoms with Gasteiger partial charge >= 0.3 is 0 Å². The lowest BCUT2D eigenvalue weighted by Crippen LogP contribution is -2.50. The van der Waals surface area contributed by atoms with E-state index in [4.69, 9.17) is 12.2 Å². The van der Waals surface area contributed by atoms with E-state index >= 15 is 0 Å². The summed E-state index contributed by atoms with van der Waals surface area (Å²) in [5, 5.41) is 4.73. The van der Waals surface area contributed by atoms with Gasteiger partial charge in [0.05, 0.1) is 0 Å². The average Bonchev–Trinajstić information content (AvgIpc) is 2.99. The van der Waals surface area contributed by atoms with Crippen molar-refractivity contribution < 1.29 is 0 Å². The fourth-order valence-corrected chi connectivity index (χ4v) is 4.97. The first-order valence-corrected chi connectivity index (χ1v) is 9.89. The zero-order chi connectivity index (χ0) is 15.4. The summed E-state index contributed by atoms with van der Waals surface area (Å²) in [6.07, 6.45) is 13.8. The van der Waals surface area contributed by atoms with E-state index in [0.717, 1.165) is 17.1 Å². The maximum absolute atomic E-state index is 5.77. The average molecular weight is 324 g/mol. The summed E-state index contributed by atoms with van der Waals surface area (Å²) in [6.45, 7) is 3.58. The fraction of sp³-hybridized carbons (Fsp3) is 0.944. The molecular formula is C18H33N3S. The van der Waals surface area contributed by atoms with Gasteiger partial charge in [-0.25, -0.2) is 0 Å². The summed E-state index contributed by atoms with van der Waals surface area (Å²) in [6, 6.07) is 1.31. The van der Waals surface area contributed by atoms with Crippen LogP contribution in [0.1, 0.15) is 64.2 Å². The van der Waals surface area contributed by atoms with E-state index in [0.29, 0.717) is 6.04 Å². The van der Waals surface area contributed by atoms with Crippen LogP contribution in [0.4, 0.5) is 0 Å². The van der Waals surface area contributed by atoms with Crippen molar-refractivity contribution in [2.75, 3.05) is 26.7 Å². The molecule has 0 amide bonds. The predicted octanol–water partition coefficient (Wildman–Crippen LogP) is 3.39. The summed E-state index contributed by atoms with van der Waals surface area (Å²) in [4.78, 5) is 4.95. The largest absolute Gasteiger partial charge is 0.360 e. The molecule has 0 spiro atoms. The van der Waals surface area contributed by atoms with Crippen molar-refractivity contribution in [3.8, 4) is 0 Å². The Morgan fingerprint density at radius 3 is 2.41 bits per heavy atom. The van der Waals surface area contributed by atoms with Crippen molar-refractivity contribution in [2.24, 2.45) is 5.92 Å². The van der Waals surface area contributed by atoms with E-state index in [1.54, 1.807) is 0 Å². The van der Waals surface area contributed by atoms with E-state index in [1.165, 1.54) is 83.8 Å². The lowest BCUT2D eigenvalue weighted by molar-refractivity contribution is 0.236. The normalized spacial score (nSPS) is 29.0. The maximum atomic E-state index is 5.77. The lowest BCUT2D eigenvalue weighted by atomic mass is 9.84. The molecule has 3 fully saturated rings. The van der Waals surface area contributed by atoms with Crippen molar-refractivity contribution in [3.63, 3.8) is 0 Å². The Hall–Kier alpha value is -0.350. The minimum Gasteiger partial charge on any atom is -0.360 e. The van der Waals surface area contributed by atoms with Gasteiger partial charge in [-0.15, -0.1) is 0 Å². The zero-order valence-electron chi connectivity index (χ0n) is 14.2. The number of rotatable bonds is 3. The van der Waals surface area contributed by atoms with Crippen LogP contribution in [0.25, 0.3) is 0 Å². The quantitative estimate of drug-likeness (QED) is 0.802. The molecule has 3 rings (SSSR count). The minimum absolute atomic E-state index is 0.597. The van der Waals surface area contributed by atoms with Crippen LogP contribution in [0, 0.1) is 5.92 Å². The topological polar surface area (TPSA) is 18.5 Å². The van der Waals surface area contributed by atoms with Crippen LogP contribution in [0.3, 0.4) is 0 Å². The molecule has 0 aromatic carbocycles. The SMILES string of the molecule is CN1CCC(NC(=S)N2CCCC2CC2CCCCC2)CC1. The Labute approximate surface area is 141 Å². The molecule has 1 atom stereocenters. The van der Waals surface area contributed by atoms with Crippen molar-refractivity contribution in [2.45, 2.75) is 76.3 Å². The summed E-state index contributed by atoms with van der Waals surface area (Å²) >= 11 is 5.77. The van der Waals surface area contributed by atoms with E-state index in [-0.39, 0.29) is 0 Å². The Morgan fingerprint density at radius 2 is 1.68 bits per heavy atom. The molecule has 1 aliphatic carbocycles. The van der Waals surface area contributed by atoms with Gasteiger partial charge in [0.1, 0.15) is 0 Å². The van der Waals surface area contributed by atoms with Gasteiger partial charge < -0.3 is 15.1 Å². The fourth-order valence-electron chi connectivity index (χ4n) is 4.57. The van der Waals surface area contributed by atoms with Gasteiger partial charge in [0.2, 0.25) is 0 Å². The molecule has 0 aromatic heterocycles. The summed E-state index contributed by atoms with van der Waals surface area (Å²) < 4.78 is 0. The summed E-state index contributed by atoms with van der Waals surface area (Å²) in [5.74, 6) is 0.963. The lowest BCUT2D eigenvalue weighted by Gasteiger charge is -2.35. The Morgan fingerprint density at radius 1 is 0.955 bits per heavy atom. The second-order valence-corrected chi connectivity index (χ2v) is 8.14. The first-order valence-electron chi connectivity index (χ1n) is 9.48. The van der Waals surface area contributed by atoms with Crippen LogP contribution in [0.15, 0.2) is 0 Å². The van der Waals surface area contributed by atoms with E-state index in [2.05, 4.69) is 22.2 Å². The van der Waals surface area contributed by atoms with Crippen molar-refractivity contribution in [1.82, 2.24) is 15.1 Å². The van der Waals surface area contributed by atoms with Gasteiger partial charge in [-0.05, 0) is 70.4 Å². The molecule has 22 heavy (non-hydrogen) atoms. The number of thiocarbonyl (C=S) groups is 1. The highest BCUT2D eigenvalue weighted by molar-refractivity contribution is 7.80. The number of hydrogen-bond donors (Lipinski definition) is 1. The molecule has 1 N–H and O–H groups in total. The number of nitrogens with zero attached hydrogens (tertiary/aromatic N) is 2. The van der Waals surface area contributed by atoms with E-state index in [9.17, 15) is 0 Å². The van der Waals surface area contributed by atoms with Crippen LogP contribution >= 0.6 is 12.2 Å². The summed E-state index contributed by atoms with van der Waals surface area (Å²) in [5.41, 5.74) is 0. The maximum Gasteiger partial charge on any atom is 0.169 e. The number of hydrogen-bond acceptors (Lipinski definition) is 2. The molecule has 126 valence electrons. The third kappa shape index (κ3) is 4.35. The van der Waals surface area contributed by atoms with Crippen molar-refractivity contribution >= 4 is 17.3 Å². The highest BCUT2D eigenvalue weighted by Gasteiger charge is 2.30. The molecule has 3 aliphatic rings. The molecule has 1 saturated carbocycles. The Bertz CT molecular complexity index is 359. The van der Waals surface area contributed by atoms with Gasteiger partial charge in [-0.1, -0.05) is 32.1 Å². The summed E-state index contributed by atoms with van der Waals surface area (Å²) in [7, 11) is 2.22. The molecule has 4 heteroatoms. The van der Waals surface area contributed by atoms with E-state index < -0.39 is 0 Å². The Kier molecular flexibility index (Phi) is 5.97. The molecular weight excluding hydrogens is 290 g/mol. The van der Waals surface area contributed by atoms with Crippen LogP contribution in [0.2, 0.25) is 0 Å². The highest BCUT2D eigenvalue weighted by Crippen LogP contribution is 2.32. The number of piperidine rings is 1. The molecule has 1 unspecified atom stereocenters. The highest BCUT2D eigenvalue weighted by atomic mass is 32.1. The molecule has 0 radical (unpaired) electrons. The Balaban J connectivity index is 1.47. The van der Waals surface area contributed by atoms with Crippen LogP contribution in [-0.2, 0) is 0 Å². The van der Waals surface area contributed by atoms with Crippen LogP contribution in [0.5, 0.6) is 0 Å². The molecule has 2 heterocycles. The molecule has 2 saturated heterocycles. The monoisotopic (exact) mass is 323 g/mol. The van der Waals surface area contributed by atoms with Gasteiger partial charge in [-0.3, -0.25) is 0 Å². The third-order valence-electron chi connectivity index (χ3n) is 6.01. The van der Waals surface area contributed by atoms with Gasteiger partial charge in [0, 0.05) is 18.6 Å². The second kappa shape index (κ2) is 7.96. The second-order valence-electron chi connectivity index (χ2n) is 7.76. The molecule has 3 nitrogen and oxygen atoms in total. The standard InChI is InChI=1S/C18H33N3S/c1-20-12-9-16(10-13-20)19-18(22)21-11-5-8-17(21)14-15-6-3-2-4-7-15/h15-17H,2-14H2,1H3,(H,19,22).